The van der Waals surface area contributed by atoms with Crippen molar-refractivity contribution in [1.82, 2.24) is 14.9 Å². The molecule has 5 nitrogen and oxygen atoms in total. The van der Waals surface area contributed by atoms with Crippen LogP contribution >= 0.6 is 0 Å². The number of benzene rings is 1. The van der Waals surface area contributed by atoms with Crippen LogP contribution in [0.2, 0.25) is 0 Å². The van der Waals surface area contributed by atoms with E-state index in [9.17, 15) is 0 Å². The number of nitrogens with zero attached hydrogens (tertiary/aromatic N) is 2. The Morgan fingerprint density at radius 2 is 2.29 bits per heavy atom. The highest BCUT2D eigenvalue weighted by molar-refractivity contribution is 5.66. The third-order valence-corrected chi connectivity index (χ3v) is 3.44. The number of hydrogen-bond acceptors (Lipinski definition) is 4. The quantitative estimate of drug-likeness (QED) is 0.916. The van der Waals surface area contributed by atoms with E-state index in [0.717, 1.165) is 36.0 Å². The van der Waals surface area contributed by atoms with Crippen LogP contribution in [0, 0.1) is 0 Å². The number of nitrogens with one attached hydrogen (secondary N) is 1. The molecule has 0 bridgehead atoms. The third-order valence-electron chi connectivity index (χ3n) is 3.44. The first-order chi connectivity index (χ1) is 10.3. The Morgan fingerprint density at radius 3 is 3.05 bits per heavy atom. The standard InChI is InChI=1S/C16H19N3O2/c1-19(10-15-17-6-7-18-15)9-12-8-13-4-3-5-14(20-2)16(13)21-11-12/h3-8H,9-11H2,1-2H3,(H,17,18). The van der Waals surface area contributed by atoms with Crippen LogP contribution in [0.15, 0.2) is 36.2 Å². The lowest BCUT2D eigenvalue weighted by atomic mass is 10.1. The first kappa shape index (κ1) is 13.7. The normalized spacial score (nSPS) is 13.6. The van der Waals surface area contributed by atoms with Gasteiger partial charge in [-0.3, -0.25) is 4.90 Å². The number of para-hydroxylation sites is 1. The summed E-state index contributed by atoms with van der Waals surface area (Å²) in [5.41, 5.74) is 2.31. The Balaban J connectivity index is 1.70. The fourth-order valence-electron chi connectivity index (χ4n) is 2.52. The molecule has 1 aliphatic heterocycles. The van der Waals surface area contributed by atoms with Gasteiger partial charge in [0.05, 0.1) is 13.7 Å². The average molecular weight is 285 g/mol. The molecule has 1 aromatic heterocycles. The molecule has 0 saturated carbocycles. The van der Waals surface area contributed by atoms with Gasteiger partial charge in [-0.05, 0) is 24.8 Å². The number of aromatic amines is 1. The number of aromatic nitrogens is 2. The predicted octanol–water partition coefficient (Wildman–Crippen LogP) is 2.33. The molecule has 1 aliphatic rings. The Kier molecular flexibility index (Phi) is 3.92. The van der Waals surface area contributed by atoms with E-state index in [1.54, 1.807) is 13.3 Å². The molecular weight excluding hydrogens is 266 g/mol. The monoisotopic (exact) mass is 285 g/mol. The number of fused-ring (bicyclic) bond motifs is 1. The molecule has 0 spiro atoms. The summed E-state index contributed by atoms with van der Waals surface area (Å²) in [6.45, 7) is 2.22. The molecule has 0 amide bonds. The molecule has 3 rings (SSSR count). The second-order valence-corrected chi connectivity index (χ2v) is 5.18. The van der Waals surface area contributed by atoms with Crippen molar-refractivity contribution in [3.05, 3.63) is 47.6 Å². The number of imidazole rings is 1. The highest BCUT2D eigenvalue weighted by Crippen LogP contribution is 2.35. The van der Waals surface area contributed by atoms with E-state index in [-0.39, 0.29) is 0 Å². The van der Waals surface area contributed by atoms with Crippen molar-refractivity contribution < 1.29 is 9.47 Å². The number of rotatable bonds is 5. The van der Waals surface area contributed by atoms with Gasteiger partial charge in [-0.25, -0.2) is 4.98 Å². The fourth-order valence-corrected chi connectivity index (χ4v) is 2.52. The zero-order chi connectivity index (χ0) is 14.7. The van der Waals surface area contributed by atoms with Crippen LogP contribution in [-0.2, 0) is 6.54 Å². The largest absolute Gasteiger partial charge is 0.493 e. The van der Waals surface area contributed by atoms with E-state index in [0.29, 0.717) is 6.61 Å². The van der Waals surface area contributed by atoms with Crippen molar-refractivity contribution in [3.8, 4) is 11.5 Å². The van der Waals surface area contributed by atoms with E-state index in [4.69, 9.17) is 9.47 Å². The Hall–Kier alpha value is -2.27. The molecule has 110 valence electrons. The smallest absolute Gasteiger partial charge is 0.168 e. The zero-order valence-electron chi connectivity index (χ0n) is 12.3. The number of hydrogen-bond donors (Lipinski definition) is 1. The lowest BCUT2D eigenvalue weighted by Gasteiger charge is -2.23. The van der Waals surface area contributed by atoms with E-state index in [1.165, 1.54) is 5.57 Å². The van der Waals surface area contributed by atoms with E-state index in [1.807, 2.05) is 24.4 Å². The van der Waals surface area contributed by atoms with Gasteiger partial charge in [0.25, 0.3) is 0 Å². The third kappa shape index (κ3) is 3.08. The highest BCUT2D eigenvalue weighted by atomic mass is 16.5. The van der Waals surface area contributed by atoms with Crippen LogP contribution in [0.25, 0.3) is 6.08 Å². The summed E-state index contributed by atoms with van der Waals surface area (Å²) < 4.78 is 11.2. The van der Waals surface area contributed by atoms with Crippen LogP contribution < -0.4 is 9.47 Å². The number of methoxy groups -OCH3 is 1. The molecule has 0 aliphatic carbocycles. The molecule has 0 atom stereocenters. The van der Waals surface area contributed by atoms with Crippen LogP contribution in [0.1, 0.15) is 11.4 Å². The number of H-pyrrole nitrogens is 1. The minimum atomic E-state index is 0.593. The first-order valence-corrected chi connectivity index (χ1v) is 6.92. The Morgan fingerprint density at radius 1 is 1.38 bits per heavy atom. The van der Waals surface area contributed by atoms with Crippen LogP contribution in [0.3, 0.4) is 0 Å². The van der Waals surface area contributed by atoms with Crippen molar-refractivity contribution in [2.24, 2.45) is 0 Å². The first-order valence-electron chi connectivity index (χ1n) is 6.92. The summed E-state index contributed by atoms with van der Waals surface area (Å²) in [6.07, 6.45) is 5.79. The van der Waals surface area contributed by atoms with E-state index < -0.39 is 0 Å². The maximum Gasteiger partial charge on any atom is 0.168 e. The molecule has 21 heavy (non-hydrogen) atoms. The minimum Gasteiger partial charge on any atom is -0.493 e. The summed E-state index contributed by atoms with van der Waals surface area (Å²) in [7, 11) is 3.74. The number of likely N-dealkylation sites (N-methyl/N-ethyl adjacent to an activating group) is 1. The topological polar surface area (TPSA) is 50.4 Å². The van der Waals surface area contributed by atoms with Gasteiger partial charge in [-0.2, -0.15) is 0 Å². The lowest BCUT2D eigenvalue weighted by molar-refractivity contribution is 0.288. The Labute approximate surface area is 124 Å². The molecular formula is C16H19N3O2. The molecule has 1 N–H and O–H groups in total. The Bertz CT molecular complexity index is 635. The van der Waals surface area contributed by atoms with Gasteiger partial charge in [0.2, 0.25) is 0 Å². The van der Waals surface area contributed by atoms with E-state index >= 15 is 0 Å². The second-order valence-electron chi connectivity index (χ2n) is 5.18. The zero-order valence-corrected chi connectivity index (χ0v) is 12.3. The van der Waals surface area contributed by atoms with Gasteiger partial charge in [-0.15, -0.1) is 0 Å². The van der Waals surface area contributed by atoms with Crippen molar-refractivity contribution in [2.75, 3.05) is 27.3 Å². The summed E-state index contributed by atoms with van der Waals surface area (Å²) >= 11 is 0. The van der Waals surface area contributed by atoms with Gasteiger partial charge >= 0.3 is 0 Å². The van der Waals surface area contributed by atoms with Crippen molar-refractivity contribution in [1.29, 1.82) is 0 Å². The molecule has 0 fully saturated rings. The maximum atomic E-state index is 5.85. The van der Waals surface area contributed by atoms with Crippen molar-refractivity contribution in [2.45, 2.75) is 6.54 Å². The molecule has 2 heterocycles. The SMILES string of the molecule is COc1cccc2c1OCC(CN(C)Cc1ncc[nH]1)=C2. The van der Waals surface area contributed by atoms with Gasteiger partial charge < -0.3 is 14.5 Å². The van der Waals surface area contributed by atoms with E-state index in [2.05, 4.69) is 28.0 Å². The maximum absolute atomic E-state index is 5.85. The minimum absolute atomic E-state index is 0.593. The van der Waals surface area contributed by atoms with Gasteiger partial charge in [0.15, 0.2) is 11.5 Å². The van der Waals surface area contributed by atoms with Gasteiger partial charge in [0.1, 0.15) is 12.4 Å². The molecule has 2 aromatic rings. The molecule has 1 aromatic carbocycles. The summed E-state index contributed by atoms with van der Waals surface area (Å²) in [5, 5.41) is 0. The second kappa shape index (κ2) is 6.01. The number of ether oxygens (including phenoxy) is 2. The molecule has 0 unspecified atom stereocenters. The molecule has 0 radical (unpaired) electrons. The van der Waals surface area contributed by atoms with Crippen LogP contribution in [-0.4, -0.2) is 42.2 Å². The fraction of sp³-hybridized carbons (Fsp3) is 0.312. The van der Waals surface area contributed by atoms with Crippen molar-refractivity contribution in [3.63, 3.8) is 0 Å². The predicted molar refractivity (Wildman–Crippen MR) is 81.4 cm³/mol. The van der Waals surface area contributed by atoms with Crippen LogP contribution in [0.4, 0.5) is 0 Å². The summed E-state index contributed by atoms with van der Waals surface area (Å²) in [4.78, 5) is 9.57. The van der Waals surface area contributed by atoms with Crippen LogP contribution in [0.5, 0.6) is 11.5 Å². The average Bonchev–Trinajstić information content (AvgIpc) is 2.99. The van der Waals surface area contributed by atoms with Gasteiger partial charge in [0, 0.05) is 24.5 Å². The van der Waals surface area contributed by atoms with Gasteiger partial charge in [-0.1, -0.05) is 12.1 Å². The summed E-state index contributed by atoms with van der Waals surface area (Å²) in [6, 6.07) is 5.94. The highest BCUT2D eigenvalue weighted by Gasteiger charge is 2.16. The summed E-state index contributed by atoms with van der Waals surface area (Å²) in [5.74, 6) is 2.58. The molecule has 0 saturated heterocycles. The lowest BCUT2D eigenvalue weighted by Crippen LogP contribution is -2.24. The molecule has 5 heteroatoms. The van der Waals surface area contributed by atoms with Crippen molar-refractivity contribution >= 4 is 6.08 Å².